The quantitative estimate of drug-likeness (QED) is 0.731. The van der Waals surface area contributed by atoms with E-state index >= 15 is 0 Å². The molecular weight excluding hydrogens is 318 g/mol. The van der Waals surface area contributed by atoms with E-state index in [1.54, 1.807) is 18.2 Å². The van der Waals surface area contributed by atoms with Gasteiger partial charge in [0.25, 0.3) is 5.91 Å². The van der Waals surface area contributed by atoms with Crippen molar-refractivity contribution in [2.75, 3.05) is 5.32 Å². The molecule has 0 aliphatic carbocycles. The van der Waals surface area contributed by atoms with Crippen molar-refractivity contribution < 1.29 is 4.79 Å². The van der Waals surface area contributed by atoms with Gasteiger partial charge in [0.05, 0.1) is 0 Å². The van der Waals surface area contributed by atoms with Crippen molar-refractivity contribution in [2.45, 2.75) is 0 Å². The number of amides is 1. The molecule has 0 bridgehead atoms. The lowest BCUT2D eigenvalue weighted by molar-refractivity contribution is 0.102. The maximum Gasteiger partial charge on any atom is 0.256 e. The molecule has 2 heterocycles. The van der Waals surface area contributed by atoms with E-state index in [4.69, 9.17) is 0 Å². The minimum absolute atomic E-state index is 0.188. The van der Waals surface area contributed by atoms with Crippen LogP contribution in [0.1, 0.15) is 10.4 Å². The standard InChI is InChI=1S/C15H10BrN3O/c16-12-8-6-10-7-9-13(18-14(10)17-12)19-15(20)11-4-2-1-3-5-11/h1-9H,(H,17,18,19,20). The monoisotopic (exact) mass is 327 g/mol. The van der Waals surface area contributed by atoms with Crippen LogP contribution < -0.4 is 5.32 Å². The highest BCUT2D eigenvalue weighted by Gasteiger charge is 2.07. The molecule has 3 aromatic rings. The molecule has 0 radical (unpaired) electrons. The van der Waals surface area contributed by atoms with Crippen LogP contribution in [-0.4, -0.2) is 15.9 Å². The van der Waals surface area contributed by atoms with Crippen LogP contribution in [0, 0.1) is 0 Å². The number of benzene rings is 1. The molecule has 0 aliphatic heterocycles. The Kier molecular flexibility index (Phi) is 3.43. The topological polar surface area (TPSA) is 54.9 Å². The highest BCUT2D eigenvalue weighted by molar-refractivity contribution is 9.10. The molecule has 98 valence electrons. The maximum absolute atomic E-state index is 12.0. The number of aromatic nitrogens is 2. The molecule has 0 saturated carbocycles. The smallest absolute Gasteiger partial charge is 0.256 e. The second-order valence-corrected chi connectivity index (χ2v) is 5.01. The summed E-state index contributed by atoms with van der Waals surface area (Å²) in [5, 5.41) is 3.69. The summed E-state index contributed by atoms with van der Waals surface area (Å²) in [5.41, 5.74) is 1.18. The molecule has 0 atom stereocenters. The number of halogens is 1. The van der Waals surface area contributed by atoms with E-state index in [0.717, 1.165) is 5.39 Å². The SMILES string of the molecule is O=C(Nc1ccc2ccc(Br)nc2n1)c1ccccc1. The Morgan fingerprint density at radius 3 is 2.50 bits per heavy atom. The molecule has 1 N–H and O–H groups in total. The van der Waals surface area contributed by atoms with Gasteiger partial charge in [-0.2, -0.15) is 0 Å². The highest BCUT2D eigenvalue weighted by atomic mass is 79.9. The fraction of sp³-hybridized carbons (Fsp3) is 0. The molecule has 0 unspecified atom stereocenters. The normalized spacial score (nSPS) is 10.4. The number of nitrogens with one attached hydrogen (secondary N) is 1. The van der Waals surface area contributed by atoms with Crippen molar-refractivity contribution in [3.8, 4) is 0 Å². The van der Waals surface area contributed by atoms with Crippen molar-refractivity contribution in [1.29, 1.82) is 0 Å². The van der Waals surface area contributed by atoms with Gasteiger partial charge in [-0.25, -0.2) is 9.97 Å². The molecular formula is C15H10BrN3O. The molecule has 1 aromatic carbocycles. The molecule has 0 fully saturated rings. The maximum atomic E-state index is 12.0. The Hall–Kier alpha value is -2.27. The first kappa shape index (κ1) is 12.7. The van der Waals surface area contributed by atoms with Gasteiger partial charge in [0, 0.05) is 10.9 Å². The molecule has 2 aromatic heterocycles. The molecule has 0 aliphatic rings. The lowest BCUT2D eigenvalue weighted by atomic mass is 10.2. The summed E-state index contributed by atoms with van der Waals surface area (Å²) in [6.45, 7) is 0. The summed E-state index contributed by atoms with van der Waals surface area (Å²) < 4.78 is 0.712. The fourth-order valence-corrected chi connectivity index (χ4v) is 2.12. The van der Waals surface area contributed by atoms with Crippen molar-refractivity contribution in [1.82, 2.24) is 9.97 Å². The molecule has 5 heteroatoms. The zero-order chi connectivity index (χ0) is 13.9. The third-order valence-corrected chi connectivity index (χ3v) is 3.24. The number of carbonyl (C=O) groups is 1. The molecule has 1 amide bonds. The third kappa shape index (κ3) is 2.67. The van der Waals surface area contributed by atoms with Crippen LogP contribution in [0.5, 0.6) is 0 Å². The average molecular weight is 328 g/mol. The molecule has 20 heavy (non-hydrogen) atoms. The average Bonchev–Trinajstić information content (AvgIpc) is 2.47. The number of pyridine rings is 2. The van der Waals surface area contributed by atoms with Crippen molar-refractivity contribution in [3.05, 3.63) is 64.8 Å². The number of fused-ring (bicyclic) bond motifs is 1. The first-order valence-electron chi connectivity index (χ1n) is 6.02. The van der Waals surface area contributed by atoms with Gasteiger partial charge < -0.3 is 5.32 Å². The minimum atomic E-state index is -0.188. The third-order valence-electron chi connectivity index (χ3n) is 2.80. The Morgan fingerprint density at radius 2 is 1.70 bits per heavy atom. The molecule has 0 spiro atoms. The van der Waals surface area contributed by atoms with E-state index in [2.05, 4.69) is 31.2 Å². The molecule has 4 nitrogen and oxygen atoms in total. The Bertz CT molecular complexity index is 774. The minimum Gasteiger partial charge on any atom is -0.306 e. The van der Waals surface area contributed by atoms with E-state index < -0.39 is 0 Å². The van der Waals surface area contributed by atoms with Crippen molar-refractivity contribution in [3.63, 3.8) is 0 Å². The van der Waals surface area contributed by atoms with Crippen LogP contribution in [0.3, 0.4) is 0 Å². The Morgan fingerprint density at radius 1 is 0.950 bits per heavy atom. The fourth-order valence-electron chi connectivity index (χ4n) is 1.82. The second kappa shape index (κ2) is 5.38. The molecule has 0 saturated heterocycles. The largest absolute Gasteiger partial charge is 0.306 e. The highest BCUT2D eigenvalue weighted by Crippen LogP contribution is 2.17. The number of anilines is 1. The van der Waals surface area contributed by atoms with Gasteiger partial charge >= 0.3 is 0 Å². The summed E-state index contributed by atoms with van der Waals surface area (Å²) in [4.78, 5) is 20.6. The number of hydrogen-bond acceptors (Lipinski definition) is 3. The van der Waals surface area contributed by atoms with Crippen LogP contribution >= 0.6 is 15.9 Å². The van der Waals surface area contributed by atoms with Gasteiger partial charge in [-0.3, -0.25) is 4.79 Å². The number of nitrogens with zero attached hydrogens (tertiary/aromatic N) is 2. The van der Waals surface area contributed by atoms with E-state index in [1.807, 2.05) is 36.4 Å². The van der Waals surface area contributed by atoms with Gasteiger partial charge in [0.1, 0.15) is 10.4 Å². The van der Waals surface area contributed by atoms with Crippen LogP contribution in [0.25, 0.3) is 11.0 Å². The Balaban J connectivity index is 1.89. The van der Waals surface area contributed by atoms with E-state index in [-0.39, 0.29) is 5.91 Å². The lowest BCUT2D eigenvalue weighted by Gasteiger charge is -2.05. The van der Waals surface area contributed by atoms with Crippen molar-refractivity contribution >= 4 is 38.7 Å². The van der Waals surface area contributed by atoms with Gasteiger partial charge in [-0.15, -0.1) is 0 Å². The number of carbonyl (C=O) groups excluding carboxylic acids is 1. The van der Waals surface area contributed by atoms with Crippen molar-refractivity contribution in [2.24, 2.45) is 0 Å². The van der Waals surface area contributed by atoms with Gasteiger partial charge in [-0.05, 0) is 52.3 Å². The predicted molar refractivity (Wildman–Crippen MR) is 81.6 cm³/mol. The first-order valence-corrected chi connectivity index (χ1v) is 6.81. The van der Waals surface area contributed by atoms with Crippen LogP contribution in [-0.2, 0) is 0 Å². The molecule has 3 rings (SSSR count). The van der Waals surface area contributed by atoms with E-state index in [9.17, 15) is 4.79 Å². The van der Waals surface area contributed by atoms with Gasteiger partial charge in [0.2, 0.25) is 0 Å². The summed E-state index contributed by atoms with van der Waals surface area (Å²) in [5.74, 6) is 0.296. The summed E-state index contributed by atoms with van der Waals surface area (Å²) in [7, 11) is 0. The zero-order valence-electron chi connectivity index (χ0n) is 10.4. The van der Waals surface area contributed by atoms with Gasteiger partial charge in [-0.1, -0.05) is 18.2 Å². The Labute approximate surface area is 124 Å². The van der Waals surface area contributed by atoms with Gasteiger partial charge in [0.15, 0.2) is 5.65 Å². The number of rotatable bonds is 2. The van der Waals surface area contributed by atoms with E-state index in [0.29, 0.717) is 21.6 Å². The predicted octanol–water partition coefficient (Wildman–Crippen LogP) is 3.64. The van der Waals surface area contributed by atoms with Crippen LogP contribution in [0.4, 0.5) is 5.82 Å². The van der Waals surface area contributed by atoms with E-state index in [1.165, 1.54) is 0 Å². The summed E-state index contributed by atoms with van der Waals surface area (Å²) in [6, 6.07) is 16.4. The summed E-state index contributed by atoms with van der Waals surface area (Å²) in [6.07, 6.45) is 0. The second-order valence-electron chi connectivity index (χ2n) is 4.20. The van der Waals surface area contributed by atoms with Crippen LogP contribution in [0.2, 0.25) is 0 Å². The van der Waals surface area contributed by atoms with Crippen LogP contribution in [0.15, 0.2) is 59.2 Å². The number of hydrogen-bond donors (Lipinski definition) is 1. The first-order chi connectivity index (χ1) is 9.72. The zero-order valence-corrected chi connectivity index (χ0v) is 12.0. The summed E-state index contributed by atoms with van der Waals surface area (Å²) >= 11 is 3.31. The lowest BCUT2D eigenvalue weighted by Crippen LogP contribution is -2.12.